The lowest BCUT2D eigenvalue weighted by molar-refractivity contribution is 0.145. The van der Waals surface area contributed by atoms with Gasteiger partial charge in [0.15, 0.2) is 0 Å². The smallest absolute Gasteiger partial charge is 0.135 e. The maximum atomic E-state index is 6.06. The van der Waals surface area contributed by atoms with Gasteiger partial charge in [-0.2, -0.15) is 0 Å². The Morgan fingerprint density at radius 3 is 2.72 bits per heavy atom. The van der Waals surface area contributed by atoms with E-state index in [0.29, 0.717) is 16.5 Å². The minimum Gasteiger partial charge on any atom is -0.369 e. The van der Waals surface area contributed by atoms with Crippen molar-refractivity contribution >= 4 is 17.4 Å². The summed E-state index contributed by atoms with van der Waals surface area (Å²) in [6.07, 6.45) is 7.70. The molecule has 0 amide bonds. The maximum Gasteiger partial charge on any atom is 0.135 e. The van der Waals surface area contributed by atoms with Crippen molar-refractivity contribution in [3.05, 3.63) is 17.0 Å². The van der Waals surface area contributed by atoms with E-state index < -0.39 is 0 Å². The van der Waals surface area contributed by atoms with Crippen LogP contribution in [0.1, 0.15) is 57.2 Å². The van der Waals surface area contributed by atoms with Crippen molar-refractivity contribution in [1.82, 2.24) is 9.97 Å². The molecule has 0 radical (unpaired) electrons. The molecule has 0 unspecified atom stereocenters. The van der Waals surface area contributed by atoms with Crippen molar-refractivity contribution in [2.75, 3.05) is 11.9 Å². The fourth-order valence-electron chi connectivity index (χ4n) is 2.66. The molecule has 1 aromatic rings. The van der Waals surface area contributed by atoms with Crippen molar-refractivity contribution in [2.45, 2.75) is 51.4 Å². The quantitative estimate of drug-likeness (QED) is 0.818. The monoisotopic (exact) mass is 265 g/mol. The van der Waals surface area contributed by atoms with Crippen LogP contribution in [0.15, 0.2) is 6.07 Å². The lowest BCUT2D eigenvalue weighted by atomic mass is 9.67. The van der Waals surface area contributed by atoms with Crippen LogP contribution in [0, 0.1) is 5.41 Å². The molecular formula is C14H20ClN3. The first kappa shape index (κ1) is 12.2. The van der Waals surface area contributed by atoms with Gasteiger partial charge in [-0.15, -0.1) is 0 Å². The topological polar surface area (TPSA) is 37.8 Å². The number of rotatable bonds is 5. The summed E-state index contributed by atoms with van der Waals surface area (Å²) in [6, 6.07) is 1.84. The lowest BCUT2D eigenvalue weighted by Gasteiger charge is -2.41. The molecule has 0 atom stereocenters. The highest BCUT2D eigenvalue weighted by atomic mass is 35.5. The molecule has 3 rings (SSSR count). The van der Waals surface area contributed by atoms with Crippen LogP contribution in [-0.2, 0) is 0 Å². The van der Waals surface area contributed by atoms with Crippen molar-refractivity contribution in [3.8, 4) is 0 Å². The van der Waals surface area contributed by atoms with Crippen LogP contribution in [0.2, 0.25) is 5.15 Å². The zero-order valence-corrected chi connectivity index (χ0v) is 11.6. The zero-order chi connectivity index (χ0) is 12.6. The Morgan fingerprint density at radius 2 is 2.17 bits per heavy atom. The minimum absolute atomic E-state index is 0.497. The van der Waals surface area contributed by atoms with E-state index in [1.807, 2.05) is 6.07 Å². The molecule has 0 aliphatic heterocycles. The molecule has 0 saturated heterocycles. The maximum absolute atomic E-state index is 6.06. The summed E-state index contributed by atoms with van der Waals surface area (Å²) in [5, 5.41) is 4.03. The molecule has 1 heterocycles. The van der Waals surface area contributed by atoms with Gasteiger partial charge in [0.25, 0.3) is 0 Å². The summed E-state index contributed by atoms with van der Waals surface area (Å²) < 4.78 is 0. The van der Waals surface area contributed by atoms with E-state index in [0.717, 1.165) is 18.2 Å². The van der Waals surface area contributed by atoms with E-state index in [4.69, 9.17) is 11.6 Å². The normalized spacial score (nSPS) is 21.4. The molecule has 2 aliphatic rings. The Morgan fingerprint density at radius 1 is 1.39 bits per heavy atom. The molecule has 0 spiro atoms. The van der Waals surface area contributed by atoms with Crippen LogP contribution in [0.4, 0.5) is 5.82 Å². The summed E-state index contributed by atoms with van der Waals surface area (Å²) >= 11 is 6.06. The van der Waals surface area contributed by atoms with Gasteiger partial charge in [-0.25, -0.2) is 9.97 Å². The Labute approximate surface area is 113 Å². The number of anilines is 1. The van der Waals surface area contributed by atoms with Crippen LogP contribution < -0.4 is 5.32 Å². The van der Waals surface area contributed by atoms with Gasteiger partial charge in [0.05, 0.1) is 0 Å². The largest absolute Gasteiger partial charge is 0.369 e. The van der Waals surface area contributed by atoms with Crippen LogP contribution >= 0.6 is 11.6 Å². The fourth-order valence-corrected chi connectivity index (χ4v) is 2.85. The third kappa shape index (κ3) is 2.46. The number of nitrogens with zero attached hydrogens (tertiary/aromatic N) is 2. The van der Waals surface area contributed by atoms with Gasteiger partial charge in [-0.3, -0.25) is 0 Å². The molecule has 3 nitrogen and oxygen atoms in total. The fraction of sp³-hybridized carbons (Fsp3) is 0.714. The van der Waals surface area contributed by atoms with Crippen molar-refractivity contribution in [1.29, 1.82) is 0 Å². The van der Waals surface area contributed by atoms with Crippen LogP contribution in [-0.4, -0.2) is 16.5 Å². The van der Waals surface area contributed by atoms with E-state index in [2.05, 4.69) is 22.2 Å². The van der Waals surface area contributed by atoms with E-state index in [9.17, 15) is 0 Å². The molecule has 18 heavy (non-hydrogen) atoms. The van der Waals surface area contributed by atoms with Gasteiger partial charge < -0.3 is 5.32 Å². The second kappa shape index (κ2) is 4.69. The molecule has 2 aliphatic carbocycles. The van der Waals surface area contributed by atoms with Crippen LogP contribution in [0.5, 0.6) is 0 Å². The van der Waals surface area contributed by atoms with Gasteiger partial charge in [0.1, 0.15) is 16.8 Å². The molecular weight excluding hydrogens is 246 g/mol. The number of halogens is 1. The number of nitrogens with one attached hydrogen (secondary N) is 1. The van der Waals surface area contributed by atoms with E-state index in [1.54, 1.807) is 0 Å². The first-order chi connectivity index (χ1) is 8.71. The zero-order valence-electron chi connectivity index (χ0n) is 10.9. The van der Waals surface area contributed by atoms with Crippen LogP contribution in [0.25, 0.3) is 0 Å². The molecule has 2 fully saturated rings. The summed E-state index contributed by atoms with van der Waals surface area (Å²) in [7, 11) is 0. The van der Waals surface area contributed by atoms with Gasteiger partial charge in [0, 0.05) is 18.5 Å². The molecule has 4 heteroatoms. The Hall–Kier alpha value is -0.830. The van der Waals surface area contributed by atoms with Gasteiger partial charge >= 0.3 is 0 Å². The lowest BCUT2D eigenvalue weighted by Crippen LogP contribution is -2.36. The molecule has 0 bridgehead atoms. The molecule has 1 N–H and O–H groups in total. The summed E-state index contributed by atoms with van der Waals surface area (Å²) in [5.41, 5.74) is 0.497. The Balaban J connectivity index is 1.68. The minimum atomic E-state index is 0.497. The third-order valence-electron chi connectivity index (χ3n) is 4.46. The molecule has 0 aromatic carbocycles. The Kier molecular flexibility index (Phi) is 3.18. The molecule has 98 valence electrons. The highest BCUT2D eigenvalue weighted by molar-refractivity contribution is 6.29. The van der Waals surface area contributed by atoms with E-state index in [-0.39, 0.29) is 0 Å². The summed E-state index contributed by atoms with van der Waals surface area (Å²) in [6.45, 7) is 3.30. The summed E-state index contributed by atoms with van der Waals surface area (Å²) in [4.78, 5) is 8.89. The van der Waals surface area contributed by atoms with Crippen molar-refractivity contribution in [3.63, 3.8) is 0 Å². The highest BCUT2D eigenvalue weighted by Crippen LogP contribution is 2.44. The predicted molar refractivity (Wildman–Crippen MR) is 74.1 cm³/mol. The van der Waals surface area contributed by atoms with E-state index in [1.165, 1.54) is 38.5 Å². The number of aromatic nitrogens is 2. The molecule has 2 saturated carbocycles. The summed E-state index contributed by atoms with van der Waals surface area (Å²) in [5.74, 6) is 2.37. The highest BCUT2D eigenvalue weighted by Gasteiger charge is 2.35. The van der Waals surface area contributed by atoms with Gasteiger partial charge in [-0.05, 0) is 37.5 Å². The van der Waals surface area contributed by atoms with Crippen molar-refractivity contribution in [2.24, 2.45) is 5.41 Å². The van der Waals surface area contributed by atoms with Gasteiger partial charge in [0.2, 0.25) is 0 Å². The first-order valence-electron chi connectivity index (χ1n) is 6.99. The second-order valence-electron chi connectivity index (χ2n) is 5.77. The number of hydrogen-bond donors (Lipinski definition) is 1. The predicted octanol–water partition coefficient (Wildman–Crippen LogP) is 4.00. The first-order valence-corrected chi connectivity index (χ1v) is 7.37. The van der Waals surface area contributed by atoms with Gasteiger partial charge in [-0.1, -0.05) is 24.9 Å². The average Bonchev–Trinajstić information content (AvgIpc) is 3.11. The second-order valence-corrected chi connectivity index (χ2v) is 6.16. The van der Waals surface area contributed by atoms with Crippen LogP contribution in [0.3, 0.4) is 0 Å². The van der Waals surface area contributed by atoms with E-state index >= 15 is 0 Å². The SMILES string of the molecule is CCC1(CNc2cc(Cl)nc(C3CC3)n2)CCC1. The average molecular weight is 266 g/mol. The standard InChI is InChI=1S/C14H20ClN3/c1-2-14(6-3-7-14)9-16-12-8-11(15)17-13(18-12)10-4-5-10/h8,10H,2-7,9H2,1H3,(H,16,17,18). The third-order valence-corrected chi connectivity index (χ3v) is 4.66. The molecule has 1 aromatic heterocycles. The Bertz CT molecular complexity index is 433. The van der Waals surface area contributed by atoms with Crippen molar-refractivity contribution < 1.29 is 0 Å². The number of hydrogen-bond acceptors (Lipinski definition) is 3.